The first-order valence-electron chi connectivity index (χ1n) is 9.52. The van der Waals surface area contributed by atoms with Crippen molar-refractivity contribution in [1.29, 1.82) is 0 Å². The summed E-state index contributed by atoms with van der Waals surface area (Å²) in [5, 5.41) is 3.12. The van der Waals surface area contributed by atoms with Gasteiger partial charge >= 0.3 is 12.0 Å². The molecule has 1 aliphatic carbocycles. The minimum absolute atomic E-state index is 0.164. The Morgan fingerprint density at radius 1 is 1.26 bits per heavy atom. The summed E-state index contributed by atoms with van der Waals surface area (Å²) >= 11 is 0. The number of hydrogen-bond donors (Lipinski definition) is 2. The second-order valence-corrected chi connectivity index (χ2v) is 7.15. The fourth-order valence-corrected chi connectivity index (χ4v) is 3.66. The number of primary amides is 1. The van der Waals surface area contributed by atoms with Crippen LogP contribution in [0.4, 0.5) is 10.5 Å². The van der Waals surface area contributed by atoms with E-state index >= 15 is 0 Å². The zero-order valence-corrected chi connectivity index (χ0v) is 15.4. The topological polar surface area (TPSA) is 102 Å². The number of ether oxygens (including phenoxy) is 1. The highest BCUT2D eigenvalue weighted by Gasteiger charge is 2.23. The predicted molar refractivity (Wildman–Crippen MR) is 101 cm³/mol. The first-order valence-corrected chi connectivity index (χ1v) is 9.52. The van der Waals surface area contributed by atoms with E-state index in [4.69, 9.17) is 10.5 Å². The van der Waals surface area contributed by atoms with E-state index in [0.29, 0.717) is 31.1 Å². The van der Waals surface area contributed by atoms with Gasteiger partial charge in [-0.05, 0) is 24.5 Å². The lowest BCUT2D eigenvalue weighted by molar-refractivity contribution is -0.124. The van der Waals surface area contributed by atoms with Gasteiger partial charge in [-0.3, -0.25) is 9.69 Å². The number of cyclic esters (lactones) is 1. The molecule has 0 bridgehead atoms. The minimum Gasteiger partial charge on any atom is -0.457 e. The molecule has 0 aromatic heterocycles. The molecule has 145 valence electrons. The van der Waals surface area contributed by atoms with Crippen LogP contribution in [0.5, 0.6) is 0 Å². The maximum absolute atomic E-state index is 12.3. The molecule has 1 aromatic carbocycles. The van der Waals surface area contributed by atoms with Crippen LogP contribution in [-0.2, 0) is 16.1 Å². The highest BCUT2D eigenvalue weighted by molar-refractivity contribution is 5.98. The quantitative estimate of drug-likeness (QED) is 0.717. The number of imide groups is 1. The van der Waals surface area contributed by atoms with Gasteiger partial charge in [-0.1, -0.05) is 38.2 Å². The van der Waals surface area contributed by atoms with Crippen molar-refractivity contribution < 1.29 is 19.1 Å². The fourth-order valence-electron chi connectivity index (χ4n) is 3.66. The van der Waals surface area contributed by atoms with Crippen LogP contribution in [-0.4, -0.2) is 35.9 Å². The first-order chi connectivity index (χ1) is 13.0. The maximum atomic E-state index is 12.3. The van der Waals surface area contributed by atoms with Crippen molar-refractivity contribution in [3.63, 3.8) is 0 Å². The van der Waals surface area contributed by atoms with Gasteiger partial charge in [-0.15, -0.1) is 0 Å². The number of nitrogens with one attached hydrogen (secondary N) is 1. The third-order valence-corrected chi connectivity index (χ3v) is 5.24. The summed E-state index contributed by atoms with van der Waals surface area (Å²) in [5.41, 5.74) is 7.51. The lowest BCUT2D eigenvalue weighted by atomic mass is 9.86. The predicted octanol–water partition coefficient (Wildman–Crippen LogP) is 2.85. The Balaban J connectivity index is 1.48. The van der Waals surface area contributed by atoms with Crippen LogP contribution in [0.25, 0.3) is 0 Å². The largest absolute Gasteiger partial charge is 0.457 e. The van der Waals surface area contributed by atoms with E-state index in [2.05, 4.69) is 5.32 Å². The lowest BCUT2D eigenvalue weighted by Crippen LogP contribution is -2.43. The van der Waals surface area contributed by atoms with E-state index in [1.807, 2.05) is 12.1 Å². The van der Waals surface area contributed by atoms with Crippen molar-refractivity contribution in [1.82, 2.24) is 4.90 Å². The van der Waals surface area contributed by atoms with Crippen molar-refractivity contribution in [2.75, 3.05) is 18.4 Å². The average molecular weight is 372 g/mol. The summed E-state index contributed by atoms with van der Waals surface area (Å²) in [6.45, 7) is 0.811. The molecule has 1 fully saturated rings. The highest BCUT2D eigenvalue weighted by Crippen LogP contribution is 2.27. The van der Waals surface area contributed by atoms with Gasteiger partial charge in [0.15, 0.2) is 0 Å². The van der Waals surface area contributed by atoms with E-state index < -0.39 is 6.03 Å². The van der Waals surface area contributed by atoms with E-state index in [1.54, 1.807) is 12.5 Å². The SMILES string of the molecule is NC(=O)N(CCNc1ccc2c(c1)C(=O)OC2)C(=O)[CH]CC1CCCCC1. The molecule has 2 aliphatic rings. The van der Waals surface area contributed by atoms with Gasteiger partial charge in [0, 0.05) is 24.3 Å². The van der Waals surface area contributed by atoms with Crippen molar-refractivity contribution in [2.45, 2.75) is 45.1 Å². The van der Waals surface area contributed by atoms with Gasteiger partial charge in [0.25, 0.3) is 0 Å². The number of esters is 1. The van der Waals surface area contributed by atoms with Crippen LogP contribution < -0.4 is 11.1 Å². The summed E-state index contributed by atoms with van der Waals surface area (Å²) in [6, 6.07) is 4.64. The van der Waals surface area contributed by atoms with Gasteiger partial charge in [-0.25, -0.2) is 9.59 Å². The summed E-state index contributed by atoms with van der Waals surface area (Å²) in [4.78, 5) is 36.7. The number of benzene rings is 1. The van der Waals surface area contributed by atoms with Crippen LogP contribution in [0.1, 0.15) is 54.4 Å². The highest BCUT2D eigenvalue weighted by atomic mass is 16.5. The number of urea groups is 1. The van der Waals surface area contributed by atoms with Crippen LogP contribution in [0, 0.1) is 12.3 Å². The zero-order chi connectivity index (χ0) is 19.2. The molecule has 1 radical (unpaired) electrons. The summed E-state index contributed by atoms with van der Waals surface area (Å²) in [5.74, 6) is -0.144. The Hall–Kier alpha value is -2.57. The molecule has 3 rings (SSSR count). The van der Waals surface area contributed by atoms with Crippen LogP contribution in [0.15, 0.2) is 18.2 Å². The number of nitrogens with two attached hydrogens (primary N) is 1. The monoisotopic (exact) mass is 372 g/mol. The Morgan fingerprint density at radius 3 is 2.78 bits per heavy atom. The molecule has 3 N–H and O–H groups in total. The molecular weight excluding hydrogens is 346 g/mol. The number of rotatable bonds is 7. The molecule has 0 spiro atoms. The molecule has 7 nitrogen and oxygen atoms in total. The smallest absolute Gasteiger partial charge is 0.338 e. The molecule has 0 atom stereocenters. The van der Waals surface area contributed by atoms with Crippen molar-refractivity contribution in [3.05, 3.63) is 35.7 Å². The van der Waals surface area contributed by atoms with Crippen molar-refractivity contribution >= 4 is 23.6 Å². The molecular formula is C20H26N3O4. The standard InChI is InChI=1S/C20H26N3O4/c21-20(26)23(18(24)9-6-14-4-2-1-3-5-14)11-10-22-16-8-7-15-13-27-19(25)17(15)12-16/h7-9,12,14,22H,1-6,10-11,13H2,(H2,21,26). The number of carbonyl (C=O) groups is 3. The number of nitrogens with zero attached hydrogens (tertiary/aromatic N) is 1. The molecule has 3 amide bonds. The van der Waals surface area contributed by atoms with E-state index in [-0.39, 0.29) is 18.4 Å². The number of anilines is 1. The Kier molecular flexibility index (Phi) is 6.32. The normalized spacial score (nSPS) is 16.5. The molecule has 1 saturated carbocycles. The van der Waals surface area contributed by atoms with Crippen LogP contribution >= 0.6 is 0 Å². The van der Waals surface area contributed by atoms with E-state index in [9.17, 15) is 14.4 Å². The Labute approximate surface area is 159 Å². The zero-order valence-electron chi connectivity index (χ0n) is 15.4. The van der Waals surface area contributed by atoms with Gasteiger partial charge in [-0.2, -0.15) is 0 Å². The third kappa shape index (κ3) is 4.99. The molecule has 0 unspecified atom stereocenters. The second-order valence-electron chi connectivity index (χ2n) is 7.15. The number of amides is 3. The summed E-state index contributed by atoms with van der Waals surface area (Å²) in [6.07, 6.45) is 8.26. The Bertz CT molecular complexity index is 713. The Morgan fingerprint density at radius 2 is 2.04 bits per heavy atom. The molecule has 1 heterocycles. The van der Waals surface area contributed by atoms with E-state index in [0.717, 1.165) is 29.0 Å². The maximum Gasteiger partial charge on any atom is 0.338 e. The van der Waals surface area contributed by atoms with Gasteiger partial charge in [0.05, 0.1) is 12.0 Å². The van der Waals surface area contributed by atoms with Crippen molar-refractivity contribution in [3.8, 4) is 0 Å². The number of fused-ring (bicyclic) bond motifs is 1. The third-order valence-electron chi connectivity index (χ3n) is 5.24. The van der Waals surface area contributed by atoms with Crippen LogP contribution in [0.2, 0.25) is 0 Å². The van der Waals surface area contributed by atoms with Gasteiger partial charge < -0.3 is 15.8 Å². The molecule has 1 aromatic rings. The number of hydrogen-bond acceptors (Lipinski definition) is 5. The first kappa shape index (κ1) is 19.2. The second kappa shape index (κ2) is 8.88. The molecule has 7 heteroatoms. The van der Waals surface area contributed by atoms with Crippen LogP contribution in [0.3, 0.4) is 0 Å². The molecule has 1 aliphatic heterocycles. The fraction of sp³-hybridized carbons (Fsp3) is 0.500. The lowest BCUT2D eigenvalue weighted by Gasteiger charge is -2.23. The minimum atomic E-state index is -0.751. The van der Waals surface area contributed by atoms with Crippen molar-refractivity contribution in [2.24, 2.45) is 11.7 Å². The van der Waals surface area contributed by atoms with E-state index in [1.165, 1.54) is 19.3 Å². The number of carbonyl (C=O) groups excluding carboxylic acids is 3. The average Bonchev–Trinajstić information content (AvgIpc) is 3.04. The van der Waals surface area contributed by atoms with Gasteiger partial charge in [0.2, 0.25) is 5.91 Å². The van der Waals surface area contributed by atoms with Gasteiger partial charge in [0.1, 0.15) is 6.61 Å². The molecule has 27 heavy (non-hydrogen) atoms. The summed E-state index contributed by atoms with van der Waals surface area (Å²) in [7, 11) is 0. The molecule has 0 saturated heterocycles. The summed E-state index contributed by atoms with van der Waals surface area (Å²) < 4.78 is 4.98.